The van der Waals surface area contributed by atoms with E-state index in [1.54, 1.807) is 18.2 Å². The smallest absolute Gasteiger partial charge is 0.418 e. The Morgan fingerprint density at radius 2 is 1.79 bits per heavy atom. The molecule has 6 nitrogen and oxygen atoms in total. The molecule has 0 bridgehead atoms. The van der Waals surface area contributed by atoms with Crippen LogP contribution in [0, 0.1) is 0 Å². The molecule has 2 rings (SSSR count). The summed E-state index contributed by atoms with van der Waals surface area (Å²) in [6.07, 6.45) is -0.133. The van der Waals surface area contributed by atoms with Gasteiger partial charge in [-0.05, 0) is 49.2 Å². The monoisotopic (exact) mass is 465 g/mol. The number of esters is 1. The topological polar surface area (TPSA) is 73.9 Å². The van der Waals surface area contributed by atoms with Crippen molar-refractivity contribution in [1.82, 2.24) is 0 Å². The Morgan fingerprint density at radius 1 is 1.03 bits per heavy atom. The van der Waals surface area contributed by atoms with Crippen molar-refractivity contribution in [3.63, 3.8) is 0 Å². The highest BCUT2D eigenvalue weighted by atomic mass is 19.4. The number of para-hydroxylation sites is 1. The molecule has 0 saturated heterocycles. The van der Waals surface area contributed by atoms with E-state index in [-0.39, 0.29) is 0 Å². The number of benzene rings is 2. The van der Waals surface area contributed by atoms with Gasteiger partial charge < -0.3 is 19.5 Å². The number of anilines is 1. The molecule has 0 saturated carbocycles. The van der Waals surface area contributed by atoms with E-state index < -0.39 is 35.9 Å². The molecule has 0 aliphatic rings. The number of hydrogen-bond donors (Lipinski definition) is 1. The van der Waals surface area contributed by atoms with E-state index in [0.717, 1.165) is 31.1 Å². The number of carbonyl (C=O) groups excluding carboxylic acids is 2. The van der Waals surface area contributed by atoms with Crippen LogP contribution in [0.4, 0.5) is 18.9 Å². The fourth-order valence-corrected chi connectivity index (χ4v) is 2.72. The minimum absolute atomic E-state index is 0.411. The van der Waals surface area contributed by atoms with Gasteiger partial charge in [0.15, 0.2) is 18.1 Å². The number of carbonyl (C=O) groups is 2. The van der Waals surface area contributed by atoms with Crippen molar-refractivity contribution in [2.75, 3.05) is 25.1 Å². The van der Waals surface area contributed by atoms with Gasteiger partial charge in [0, 0.05) is 6.08 Å². The molecule has 0 radical (unpaired) electrons. The second-order valence-corrected chi connectivity index (χ2v) is 6.87. The SMILES string of the molecule is CCCCOc1ccc(/C=C/C(=O)OCC(=O)Nc2ccccc2C(F)(F)F)cc1OCC. The van der Waals surface area contributed by atoms with Crippen LogP contribution in [0.3, 0.4) is 0 Å². The highest BCUT2D eigenvalue weighted by Gasteiger charge is 2.33. The first-order valence-electron chi connectivity index (χ1n) is 10.4. The lowest BCUT2D eigenvalue weighted by molar-refractivity contribution is -0.142. The molecule has 33 heavy (non-hydrogen) atoms. The first-order chi connectivity index (χ1) is 15.7. The van der Waals surface area contributed by atoms with Gasteiger partial charge in [-0.2, -0.15) is 13.2 Å². The predicted molar refractivity (Wildman–Crippen MR) is 118 cm³/mol. The zero-order valence-corrected chi connectivity index (χ0v) is 18.4. The first kappa shape index (κ1) is 25.8. The molecule has 0 aliphatic heterocycles. The number of alkyl halides is 3. The van der Waals surface area contributed by atoms with Gasteiger partial charge in [0.1, 0.15) is 0 Å². The van der Waals surface area contributed by atoms with Gasteiger partial charge in [-0.3, -0.25) is 4.79 Å². The Labute approximate surface area is 190 Å². The zero-order valence-electron chi connectivity index (χ0n) is 18.4. The summed E-state index contributed by atoms with van der Waals surface area (Å²) >= 11 is 0. The Balaban J connectivity index is 1.93. The summed E-state index contributed by atoms with van der Waals surface area (Å²) in [6, 6.07) is 9.70. The van der Waals surface area contributed by atoms with E-state index in [1.165, 1.54) is 18.2 Å². The summed E-state index contributed by atoms with van der Waals surface area (Å²) < 4.78 is 55.1. The van der Waals surface area contributed by atoms with Gasteiger partial charge in [0.2, 0.25) is 0 Å². The number of halogens is 3. The number of rotatable bonds is 11. The maximum Gasteiger partial charge on any atom is 0.418 e. The summed E-state index contributed by atoms with van der Waals surface area (Å²) in [4.78, 5) is 23.8. The Kier molecular flexibility index (Phi) is 9.78. The van der Waals surface area contributed by atoms with E-state index in [4.69, 9.17) is 14.2 Å². The van der Waals surface area contributed by atoms with Crippen LogP contribution in [0.1, 0.15) is 37.8 Å². The average Bonchev–Trinajstić information content (AvgIpc) is 2.77. The molecule has 0 heterocycles. The minimum atomic E-state index is -4.62. The maximum absolute atomic E-state index is 13.0. The van der Waals surface area contributed by atoms with Gasteiger partial charge in [0.25, 0.3) is 5.91 Å². The Bertz CT molecular complexity index is 973. The molecule has 0 spiro atoms. The summed E-state index contributed by atoms with van der Waals surface area (Å²) in [5, 5.41) is 2.10. The molecule has 178 valence electrons. The minimum Gasteiger partial charge on any atom is -0.490 e. The van der Waals surface area contributed by atoms with Crippen LogP contribution in [0.5, 0.6) is 11.5 Å². The van der Waals surface area contributed by atoms with E-state index >= 15 is 0 Å². The van der Waals surface area contributed by atoms with Crippen molar-refractivity contribution in [3.05, 3.63) is 59.7 Å². The quantitative estimate of drug-likeness (QED) is 0.270. The third-order valence-electron chi connectivity index (χ3n) is 4.29. The van der Waals surface area contributed by atoms with Gasteiger partial charge in [-0.25, -0.2) is 4.79 Å². The van der Waals surface area contributed by atoms with Gasteiger partial charge in [-0.15, -0.1) is 0 Å². The van der Waals surface area contributed by atoms with Gasteiger partial charge in [-0.1, -0.05) is 31.5 Å². The molecule has 0 fully saturated rings. The van der Waals surface area contributed by atoms with E-state index in [0.29, 0.717) is 30.3 Å². The van der Waals surface area contributed by atoms with Crippen LogP contribution in [0.15, 0.2) is 48.5 Å². The lowest BCUT2D eigenvalue weighted by Crippen LogP contribution is -2.22. The third kappa shape index (κ3) is 8.51. The fraction of sp³-hybridized carbons (Fsp3) is 0.333. The van der Waals surface area contributed by atoms with Crippen LogP contribution in [-0.2, 0) is 20.5 Å². The van der Waals surface area contributed by atoms with E-state index in [1.807, 2.05) is 6.92 Å². The number of unbranched alkanes of at least 4 members (excludes halogenated alkanes) is 1. The number of ether oxygens (including phenoxy) is 3. The average molecular weight is 465 g/mol. The largest absolute Gasteiger partial charge is 0.490 e. The van der Waals surface area contributed by atoms with Gasteiger partial charge in [0.05, 0.1) is 24.5 Å². The fourth-order valence-electron chi connectivity index (χ4n) is 2.72. The molecular weight excluding hydrogens is 439 g/mol. The van der Waals surface area contributed by atoms with Crippen molar-refractivity contribution >= 4 is 23.6 Å². The van der Waals surface area contributed by atoms with Gasteiger partial charge >= 0.3 is 12.1 Å². The van der Waals surface area contributed by atoms with Crippen molar-refractivity contribution in [2.24, 2.45) is 0 Å². The van der Waals surface area contributed by atoms with Crippen molar-refractivity contribution in [3.8, 4) is 11.5 Å². The number of hydrogen-bond acceptors (Lipinski definition) is 5. The Morgan fingerprint density at radius 3 is 2.48 bits per heavy atom. The molecule has 9 heteroatoms. The summed E-state index contributed by atoms with van der Waals surface area (Å²) in [6.45, 7) is 4.17. The molecule has 0 atom stereocenters. The molecule has 2 aromatic rings. The van der Waals surface area contributed by atoms with Crippen molar-refractivity contribution in [2.45, 2.75) is 32.9 Å². The van der Waals surface area contributed by atoms with E-state index in [9.17, 15) is 22.8 Å². The molecule has 0 unspecified atom stereocenters. The highest BCUT2D eigenvalue weighted by Crippen LogP contribution is 2.34. The first-order valence-corrected chi connectivity index (χ1v) is 10.4. The van der Waals surface area contributed by atoms with E-state index in [2.05, 4.69) is 12.2 Å². The number of amides is 1. The normalized spacial score (nSPS) is 11.3. The third-order valence-corrected chi connectivity index (χ3v) is 4.29. The van der Waals surface area contributed by atoms with Crippen molar-refractivity contribution < 1.29 is 37.0 Å². The lowest BCUT2D eigenvalue weighted by atomic mass is 10.1. The molecule has 1 N–H and O–H groups in total. The second-order valence-electron chi connectivity index (χ2n) is 6.87. The summed E-state index contributed by atoms with van der Waals surface area (Å²) in [5.41, 5.74) is -0.759. The van der Waals surface area contributed by atoms with Crippen LogP contribution >= 0.6 is 0 Å². The molecule has 2 aromatic carbocycles. The van der Waals surface area contributed by atoms with Crippen LogP contribution in [-0.4, -0.2) is 31.7 Å². The summed E-state index contributed by atoms with van der Waals surface area (Å²) in [5.74, 6) is -0.580. The second kappa shape index (κ2) is 12.5. The molecule has 1 amide bonds. The standard InChI is InChI=1S/C24H26F3NO5/c1-3-5-14-32-20-12-10-17(15-21(20)31-4-2)11-13-23(30)33-16-22(29)28-19-9-7-6-8-18(19)24(25,26)27/h6-13,15H,3-5,14,16H2,1-2H3,(H,28,29)/b13-11+. The zero-order chi connectivity index (χ0) is 24.3. The molecular formula is C24H26F3NO5. The maximum atomic E-state index is 13.0. The highest BCUT2D eigenvalue weighted by molar-refractivity contribution is 5.95. The number of nitrogens with one attached hydrogen (secondary N) is 1. The van der Waals surface area contributed by atoms with Crippen LogP contribution in [0.2, 0.25) is 0 Å². The summed E-state index contributed by atoms with van der Waals surface area (Å²) in [7, 11) is 0. The van der Waals surface area contributed by atoms with Crippen molar-refractivity contribution in [1.29, 1.82) is 0 Å². The molecule has 0 aliphatic carbocycles. The van der Waals surface area contributed by atoms with Crippen LogP contribution < -0.4 is 14.8 Å². The lowest BCUT2D eigenvalue weighted by Gasteiger charge is -2.13. The predicted octanol–water partition coefficient (Wildman–Crippen LogP) is 5.48. The Hall–Kier alpha value is -3.49. The molecule has 0 aromatic heterocycles. The van der Waals surface area contributed by atoms with Crippen LogP contribution in [0.25, 0.3) is 6.08 Å².